The molecule has 54 valence electrons. The minimum absolute atomic E-state index is 0.491. The van der Waals surface area contributed by atoms with Crippen molar-refractivity contribution in [3.63, 3.8) is 0 Å². The van der Waals surface area contributed by atoms with Crippen molar-refractivity contribution in [3.05, 3.63) is 10.1 Å². The van der Waals surface area contributed by atoms with E-state index >= 15 is 0 Å². The average Bonchev–Trinajstić information content (AvgIpc) is 1.62. The summed E-state index contributed by atoms with van der Waals surface area (Å²) >= 11 is 14.5. The van der Waals surface area contributed by atoms with E-state index in [1.165, 1.54) is 0 Å². The Hall–Kier alpha value is 0.470. The van der Waals surface area contributed by atoms with Gasteiger partial charge in [0.2, 0.25) is 0 Å². The van der Waals surface area contributed by atoms with E-state index in [0.717, 1.165) is 6.92 Å². The minimum Gasteiger partial charge on any atom is -0.183 e. The first-order valence-electron chi connectivity index (χ1n) is 1.94. The molecule has 0 radical (unpaired) electrons. The summed E-state index contributed by atoms with van der Waals surface area (Å²) < 4.78 is 23.3. The van der Waals surface area contributed by atoms with Crippen LogP contribution in [0.1, 0.15) is 6.92 Å². The molecular weight excluding hydrogens is 192 g/mol. The maximum Gasteiger partial charge on any atom is 0.346 e. The average molecular weight is 195 g/mol. The molecule has 0 saturated heterocycles. The lowest BCUT2D eigenvalue weighted by atomic mass is 10.4. The molecule has 0 aliphatic carbocycles. The quantitative estimate of drug-likeness (QED) is 0.562. The number of alkyl halides is 3. The van der Waals surface area contributed by atoms with Gasteiger partial charge in [-0.2, -0.15) is 8.78 Å². The smallest absolute Gasteiger partial charge is 0.183 e. The van der Waals surface area contributed by atoms with Gasteiger partial charge >= 0.3 is 5.38 Å². The summed E-state index contributed by atoms with van der Waals surface area (Å²) in [5.41, 5.74) is -0.535. The third kappa shape index (κ3) is 3.23. The first kappa shape index (κ1) is 9.47. The fourth-order valence-corrected chi connectivity index (χ4v) is 0.536. The third-order valence-corrected chi connectivity index (χ3v) is 1.56. The molecule has 0 amide bonds. The molecule has 9 heavy (non-hydrogen) atoms. The molecule has 0 heterocycles. The minimum atomic E-state index is -3.43. The lowest BCUT2D eigenvalue weighted by Crippen LogP contribution is -2.07. The van der Waals surface area contributed by atoms with Crippen molar-refractivity contribution in [1.29, 1.82) is 0 Å². The van der Waals surface area contributed by atoms with Crippen molar-refractivity contribution in [2.45, 2.75) is 12.3 Å². The van der Waals surface area contributed by atoms with Crippen molar-refractivity contribution in [1.82, 2.24) is 0 Å². The van der Waals surface area contributed by atoms with E-state index in [4.69, 9.17) is 23.2 Å². The van der Waals surface area contributed by atoms with Gasteiger partial charge in [0, 0.05) is 5.57 Å². The van der Waals surface area contributed by atoms with Gasteiger partial charge in [0.05, 0.1) is 0 Å². The molecule has 0 aromatic rings. The number of halogens is 5. The van der Waals surface area contributed by atoms with Gasteiger partial charge < -0.3 is 0 Å². The number of rotatable bonds is 1. The van der Waals surface area contributed by atoms with Crippen LogP contribution in [0.3, 0.4) is 0 Å². The number of hydrogen-bond acceptors (Lipinski definition) is 0. The summed E-state index contributed by atoms with van der Waals surface area (Å²) in [5.74, 6) is 0. The van der Waals surface area contributed by atoms with E-state index in [-0.39, 0.29) is 0 Å². The van der Waals surface area contributed by atoms with Crippen molar-refractivity contribution in [2.24, 2.45) is 0 Å². The van der Waals surface area contributed by atoms with Gasteiger partial charge in [-0.05, 0) is 18.5 Å². The fraction of sp³-hybridized carbons (Fsp3) is 0.500. The Morgan fingerprint density at radius 2 is 1.67 bits per heavy atom. The van der Waals surface area contributed by atoms with Gasteiger partial charge in [0.1, 0.15) is 4.49 Å². The second kappa shape index (κ2) is 3.04. The van der Waals surface area contributed by atoms with E-state index in [1.54, 1.807) is 0 Å². The summed E-state index contributed by atoms with van der Waals surface area (Å²) in [7, 11) is 0. The van der Waals surface area contributed by atoms with Crippen LogP contribution in [0, 0.1) is 0 Å². The van der Waals surface area contributed by atoms with Crippen LogP contribution in [0.2, 0.25) is 0 Å². The summed E-state index contributed by atoms with van der Waals surface area (Å²) in [6.45, 7) is 1.06. The van der Waals surface area contributed by atoms with Gasteiger partial charge in [-0.1, -0.05) is 23.2 Å². The Balaban J connectivity index is 4.40. The predicted octanol–water partition coefficient (Wildman–Crippen LogP) is 3.53. The normalized spacial score (nSPS) is 11.3. The highest BCUT2D eigenvalue weighted by Gasteiger charge is 2.29. The van der Waals surface area contributed by atoms with E-state index in [2.05, 4.69) is 11.6 Å². The van der Waals surface area contributed by atoms with E-state index in [9.17, 15) is 8.78 Å². The van der Waals surface area contributed by atoms with E-state index in [1.807, 2.05) is 0 Å². The monoisotopic (exact) mass is 194 g/mol. The molecule has 0 fully saturated rings. The molecule has 0 rings (SSSR count). The van der Waals surface area contributed by atoms with Crippen LogP contribution < -0.4 is 0 Å². The van der Waals surface area contributed by atoms with Gasteiger partial charge in [-0.3, -0.25) is 0 Å². The molecule has 0 aliphatic rings. The first-order chi connectivity index (χ1) is 3.85. The van der Waals surface area contributed by atoms with Crippen molar-refractivity contribution >= 4 is 34.8 Å². The highest BCUT2D eigenvalue weighted by molar-refractivity contribution is 6.56. The van der Waals surface area contributed by atoms with Gasteiger partial charge in [0.15, 0.2) is 0 Å². The summed E-state index contributed by atoms with van der Waals surface area (Å²) in [4.78, 5) is 0. The van der Waals surface area contributed by atoms with Crippen LogP contribution in [0.5, 0.6) is 0 Å². The van der Waals surface area contributed by atoms with Crippen molar-refractivity contribution in [3.8, 4) is 0 Å². The molecule has 5 heteroatoms. The zero-order chi connectivity index (χ0) is 7.65. The summed E-state index contributed by atoms with van der Waals surface area (Å²) in [6.07, 6.45) is 0. The molecule has 0 bridgehead atoms. The van der Waals surface area contributed by atoms with Crippen LogP contribution in [-0.4, -0.2) is 5.38 Å². The molecule has 0 N–H and O–H groups in total. The SMILES string of the molecule is CC(=C(Cl)Cl)C(F)(F)Cl. The van der Waals surface area contributed by atoms with Gasteiger partial charge in [-0.25, -0.2) is 0 Å². The Morgan fingerprint density at radius 1 is 1.33 bits per heavy atom. The Morgan fingerprint density at radius 3 is 1.67 bits per heavy atom. The molecule has 0 saturated carbocycles. The maximum absolute atomic E-state index is 11.9. The maximum atomic E-state index is 11.9. The van der Waals surface area contributed by atoms with E-state index in [0.29, 0.717) is 0 Å². The second-order valence-electron chi connectivity index (χ2n) is 1.38. The van der Waals surface area contributed by atoms with Crippen LogP contribution in [0.15, 0.2) is 10.1 Å². The standard InChI is InChI=1S/C4H3Cl3F2/c1-2(3(5)6)4(7,8)9/h1H3. The largest absolute Gasteiger partial charge is 0.346 e. The van der Waals surface area contributed by atoms with Crippen LogP contribution in [0.25, 0.3) is 0 Å². The first-order valence-corrected chi connectivity index (χ1v) is 3.08. The van der Waals surface area contributed by atoms with Crippen LogP contribution in [0.4, 0.5) is 8.78 Å². The molecule has 0 aliphatic heterocycles. The highest BCUT2D eigenvalue weighted by atomic mass is 35.5. The molecule has 0 atom stereocenters. The molecular formula is C4H3Cl3F2. The molecule has 0 spiro atoms. The summed E-state index contributed by atoms with van der Waals surface area (Å²) in [6, 6.07) is 0. The molecule has 0 aromatic carbocycles. The van der Waals surface area contributed by atoms with Gasteiger partial charge in [0.25, 0.3) is 0 Å². The van der Waals surface area contributed by atoms with E-state index < -0.39 is 15.4 Å². The Kier molecular flexibility index (Phi) is 3.20. The summed E-state index contributed by atoms with van der Waals surface area (Å²) in [5, 5.41) is -3.43. The molecule has 0 aromatic heterocycles. The molecule has 0 unspecified atom stereocenters. The second-order valence-corrected chi connectivity index (χ2v) is 2.81. The zero-order valence-corrected chi connectivity index (χ0v) is 6.66. The number of hydrogen-bond donors (Lipinski definition) is 0. The zero-order valence-electron chi connectivity index (χ0n) is 4.39. The van der Waals surface area contributed by atoms with Gasteiger partial charge in [-0.15, -0.1) is 0 Å². The highest BCUT2D eigenvalue weighted by Crippen LogP contribution is 2.32. The fourth-order valence-electron chi connectivity index (χ4n) is 0.107. The van der Waals surface area contributed by atoms with Crippen molar-refractivity contribution < 1.29 is 8.78 Å². The van der Waals surface area contributed by atoms with Crippen LogP contribution in [-0.2, 0) is 0 Å². The van der Waals surface area contributed by atoms with Crippen molar-refractivity contribution in [2.75, 3.05) is 0 Å². The predicted molar refractivity (Wildman–Crippen MR) is 35.2 cm³/mol. The van der Waals surface area contributed by atoms with Crippen LogP contribution >= 0.6 is 34.8 Å². The lowest BCUT2D eigenvalue weighted by Gasteiger charge is -2.06. The Labute approximate surface area is 66.4 Å². The third-order valence-electron chi connectivity index (χ3n) is 0.709. The Bertz CT molecular complexity index is 131. The number of allylic oxidation sites excluding steroid dienone is 1. The topological polar surface area (TPSA) is 0 Å². The lowest BCUT2D eigenvalue weighted by molar-refractivity contribution is 0.138. The molecule has 0 nitrogen and oxygen atoms in total.